The summed E-state index contributed by atoms with van der Waals surface area (Å²) in [5.74, 6) is 1.28. The van der Waals surface area contributed by atoms with E-state index in [0.717, 1.165) is 32.6 Å². The lowest BCUT2D eigenvalue weighted by atomic mass is 9.98. The van der Waals surface area contributed by atoms with Gasteiger partial charge in [0.2, 0.25) is 5.82 Å². The molecule has 0 aliphatic carbocycles. The summed E-state index contributed by atoms with van der Waals surface area (Å²) in [6.45, 7) is 6.21. The number of aromatic nitrogens is 8. The van der Waals surface area contributed by atoms with E-state index < -0.39 is 11.9 Å². The molecule has 190 valence electrons. The van der Waals surface area contributed by atoms with Crippen molar-refractivity contribution < 1.29 is 4.74 Å². The highest BCUT2D eigenvalue weighted by Gasteiger charge is 2.24. The molecule has 0 spiro atoms. The third-order valence-corrected chi connectivity index (χ3v) is 6.55. The zero-order valence-electron chi connectivity index (χ0n) is 21.3. The molecule has 1 atom stereocenters. The Balaban J connectivity index is 1.60. The van der Waals surface area contributed by atoms with Crippen molar-refractivity contribution in [2.45, 2.75) is 39.5 Å². The number of ether oxygens (including phenoxy) is 1. The summed E-state index contributed by atoms with van der Waals surface area (Å²) in [4.78, 5) is 31.0. The molecule has 0 radical (unpaired) electrons. The molecule has 5 aromatic rings. The first-order chi connectivity index (χ1) is 17.8. The molecule has 1 unspecified atom stereocenters. The quantitative estimate of drug-likeness (QED) is 0.364. The molecule has 0 amide bonds. The van der Waals surface area contributed by atoms with E-state index in [1.54, 1.807) is 6.92 Å². The minimum atomic E-state index is -0.580. The highest BCUT2D eigenvalue weighted by atomic mass is 16.5. The lowest BCUT2D eigenvalue weighted by Gasteiger charge is -2.15. The standard InChI is InChI=1S/C26H28N8O3/c1-15(2)23-27-24-21(25(35)32(4)26(36)34(24)16(3)37-5)33(23)14-17-10-12-18(13-11-17)19-8-6-7-9-20(19)22-28-30-31-29-22/h6-13,15-16H,14H2,1-5H3,(H,28,29,30,31). The molecule has 2 aromatic carbocycles. The van der Waals surface area contributed by atoms with E-state index in [4.69, 9.17) is 9.72 Å². The van der Waals surface area contributed by atoms with Gasteiger partial charge in [-0.15, -0.1) is 10.2 Å². The van der Waals surface area contributed by atoms with Gasteiger partial charge in [-0.2, -0.15) is 5.21 Å². The van der Waals surface area contributed by atoms with Gasteiger partial charge in [-0.1, -0.05) is 62.4 Å². The molecule has 5 rings (SSSR count). The molecule has 3 heterocycles. The Morgan fingerprint density at radius 3 is 2.32 bits per heavy atom. The summed E-state index contributed by atoms with van der Waals surface area (Å²) in [6.07, 6.45) is -0.580. The maximum absolute atomic E-state index is 13.3. The fourth-order valence-electron chi connectivity index (χ4n) is 4.55. The molecule has 0 aliphatic heterocycles. The number of rotatable bonds is 7. The lowest BCUT2D eigenvalue weighted by molar-refractivity contribution is 0.0588. The number of imidazole rings is 1. The van der Waals surface area contributed by atoms with Gasteiger partial charge in [0.05, 0.1) is 0 Å². The molecule has 1 N–H and O–H groups in total. The number of hydrogen-bond acceptors (Lipinski definition) is 7. The van der Waals surface area contributed by atoms with Crippen molar-refractivity contribution in [3.63, 3.8) is 0 Å². The van der Waals surface area contributed by atoms with Gasteiger partial charge in [-0.3, -0.25) is 9.36 Å². The predicted octanol–water partition coefficient (Wildman–Crippen LogP) is 3.08. The van der Waals surface area contributed by atoms with Crippen LogP contribution in [0.25, 0.3) is 33.7 Å². The second-order valence-electron chi connectivity index (χ2n) is 9.21. The zero-order chi connectivity index (χ0) is 26.3. The van der Waals surface area contributed by atoms with Gasteiger partial charge in [0, 0.05) is 32.2 Å². The van der Waals surface area contributed by atoms with Crippen LogP contribution in [0.2, 0.25) is 0 Å². The number of fused-ring (bicyclic) bond motifs is 1. The molecular weight excluding hydrogens is 472 g/mol. The van der Waals surface area contributed by atoms with Crippen molar-refractivity contribution in [2.75, 3.05) is 7.11 Å². The maximum atomic E-state index is 13.3. The Morgan fingerprint density at radius 1 is 1.00 bits per heavy atom. The average Bonchev–Trinajstić information content (AvgIpc) is 3.57. The number of aromatic amines is 1. The molecule has 11 heteroatoms. The highest BCUT2D eigenvalue weighted by molar-refractivity contribution is 5.80. The van der Waals surface area contributed by atoms with E-state index in [1.807, 2.05) is 66.9 Å². The van der Waals surface area contributed by atoms with Gasteiger partial charge in [-0.25, -0.2) is 14.3 Å². The normalized spacial score (nSPS) is 12.5. The number of nitrogens with zero attached hydrogens (tertiary/aromatic N) is 7. The average molecular weight is 501 g/mol. The first-order valence-corrected chi connectivity index (χ1v) is 12.0. The van der Waals surface area contributed by atoms with E-state index in [2.05, 4.69) is 20.6 Å². The number of nitrogens with one attached hydrogen (secondary N) is 1. The summed E-state index contributed by atoms with van der Waals surface area (Å²) in [5, 5.41) is 14.4. The fourth-order valence-corrected chi connectivity index (χ4v) is 4.55. The van der Waals surface area contributed by atoms with Crippen LogP contribution in [0.3, 0.4) is 0 Å². The summed E-state index contributed by atoms with van der Waals surface area (Å²) < 4.78 is 9.87. The van der Waals surface area contributed by atoms with Crippen molar-refractivity contribution in [3.05, 3.63) is 80.8 Å². The first-order valence-electron chi connectivity index (χ1n) is 12.0. The van der Waals surface area contributed by atoms with Gasteiger partial charge in [0.1, 0.15) is 12.1 Å². The maximum Gasteiger partial charge on any atom is 0.334 e. The number of benzene rings is 2. The van der Waals surface area contributed by atoms with E-state index in [1.165, 1.54) is 18.7 Å². The predicted molar refractivity (Wildman–Crippen MR) is 139 cm³/mol. The van der Waals surface area contributed by atoms with Crippen molar-refractivity contribution >= 4 is 11.2 Å². The third kappa shape index (κ3) is 4.16. The fraction of sp³-hybridized carbons (Fsp3) is 0.308. The molecule has 0 aliphatic rings. The van der Waals surface area contributed by atoms with E-state index >= 15 is 0 Å². The van der Waals surface area contributed by atoms with Crippen LogP contribution in [-0.4, -0.2) is 46.4 Å². The van der Waals surface area contributed by atoms with E-state index in [0.29, 0.717) is 23.5 Å². The Labute approximate surface area is 212 Å². The summed E-state index contributed by atoms with van der Waals surface area (Å²) in [7, 11) is 3.00. The molecule has 0 saturated heterocycles. The lowest BCUT2D eigenvalue weighted by Crippen LogP contribution is -2.40. The van der Waals surface area contributed by atoms with Crippen molar-refractivity contribution in [2.24, 2.45) is 7.05 Å². The highest BCUT2D eigenvalue weighted by Crippen LogP contribution is 2.30. The van der Waals surface area contributed by atoms with Crippen LogP contribution in [0.1, 0.15) is 44.3 Å². The van der Waals surface area contributed by atoms with Gasteiger partial charge >= 0.3 is 5.69 Å². The van der Waals surface area contributed by atoms with E-state index in [9.17, 15) is 9.59 Å². The largest absolute Gasteiger partial charge is 0.361 e. The monoisotopic (exact) mass is 500 g/mol. The minimum absolute atomic E-state index is 0.0274. The van der Waals surface area contributed by atoms with Gasteiger partial charge in [-0.05, 0) is 28.8 Å². The molecule has 0 saturated carbocycles. The number of H-pyrrole nitrogens is 1. The van der Waals surface area contributed by atoms with Crippen molar-refractivity contribution in [3.8, 4) is 22.5 Å². The smallest absolute Gasteiger partial charge is 0.334 e. The molecule has 0 bridgehead atoms. The van der Waals surface area contributed by atoms with Crippen LogP contribution in [0.4, 0.5) is 0 Å². The number of tetrazole rings is 1. The van der Waals surface area contributed by atoms with Crippen LogP contribution in [0, 0.1) is 0 Å². The Hall–Kier alpha value is -4.38. The molecule has 11 nitrogen and oxygen atoms in total. The van der Waals surface area contributed by atoms with Crippen LogP contribution in [0.15, 0.2) is 58.1 Å². The Bertz CT molecular complexity index is 1680. The van der Waals surface area contributed by atoms with Gasteiger partial charge in [0.25, 0.3) is 5.56 Å². The number of methoxy groups -OCH3 is 1. The van der Waals surface area contributed by atoms with Crippen molar-refractivity contribution in [1.82, 2.24) is 39.3 Å². The molecule has 37 heavy (non-hydrogen) atoms. The number of hydrogen-bond donors (Lipinski definition) is 1. The topological polar surface area (TPSA) is 126 Å². The minimum Gasteiger partial charge on any atom is -0.361 e. The second kappa shape index (κ2) is 9.58. The second-order valence-corrected chi connectivity index (χ2v) is 9.21. The third-order valence-electron chi connectivity index (χ3n) is 6.55. The van der Waals surface area contributed by atoms with Crippen molar-refractivity contribution in [1.29, 1.82) is 0 Å². The molecular formula is C26H28N8O3. The Kier molecular flexibility index (Phi) is 6.30. The molecule has 0 fully saturated rings. The Morgan fingerprint density at radius 2 is 1.70 bits per heavy atom. The zero-order valence-corrected chi connectivity index (χ0v) is 21.3. The van der Waals surface area contributed by atoms with Crippen LogP contribution in [-0.2, 0) is 18.3 Å². The van der Waals surface area contributed by atoms with Crippen LogP contribution in [0.5, 0.6) is 0 Å². The van der Waals surface area contributed by atoms with Gasteiger partial charge in [0.15, 0.2) is 11.2 Å². The van der Waals surface area contributed by atoms with E-state index in [-0.39, 0.29) is 11.5 Å². The SMILES string of the molecule is COC(C)n1c(=O)n(C)c(=O)c2c1nc(C(C)C)n2Cc1ccc(-c2ccccc2-c2nn[nH]n2)cc1. The van der Waals surface area contributed by atoms with Crippen LogP contribution < -0.4 is 11.2 Å². The van der Waals surface area contributed by atoms with Gasteiger partial charge < -0.3 is 9.30 Å². The first kappa shape index (κ1) is 24.3. The summed E-state index contributed by atoms with van der Waals surface area (Å²) in [5.41, 5.74) is 3.71. The summed E-state index contributed by atoms with van der Waals surface area (Å²) >= 11 is 0. The molecule has 3 aromatic heterocycles. The van der Waals surface area contributed by atoms with Crippen LogP contribution >= 0.6 is 0 Å². The summed E-state index contributed by atoms with van der Waals surface area (Å²) in [6, 6.07) is 16.0.